The minimum absolute atomic E-state index is 0.0192. The molecule has 1 heterocycles. The maximum Gasteiger partial charge on any atom is 0.0936 e. The fourth-order valence-corrected chi connectivity index (χ4v) is 2.46. The molecule has 76 valence electrons. The Kier molecular flexibility index (Phi) is 2.60. The summed E-state index contributed by atoms with van der Waals surface area (Å²) >= 11 is 0. The average Bonchev–Trinajstić information content (AvgIpc) is 2.59. The third kappa shape index (κ3) is 1.36. The smallest absolute Gasteiger partial charge is 0.0936 e. The molecule has 1 nitrogen and oxygen atoms in total. The van der Waals surface area contributed by atoms with Crippen LogP contribution < -0.4 is 0 Å². The van der Waals surface area contributed by atoms with Gasteiger partial charge in [-0.25, -0.2) is 0 Å². The summed E-state index contributed by atoms with van der Waals surface area (Å²) in [5, 5.41) is 0. The van der Waals surface area contributed by atoms with Gasteiger partial charge in [0, 0.05) is 0 Å². The van der Waals surface area contributed by atoms with Gasteiger partial charge in [0.1, 0.15) is 0 Å². The molecule has 1 unspecified atom stereocenters. The van der Waals surface area contributed by atoms with Gasteiger partial charge in [0.25, 0.3) is 0 Å². The molecule has 1 heteroatoms. The molecule has 1 aliphatic rings. The highest BCUT2D eigenvalue weighted by Gasteiger charge is 2.36. The summed E-state index contributed by atoms with van der Waals surface area (Å²) in [7, 11) is 0. The second-order valence-electron chi connectivity index (χ2n) is 4.04. The van der Waals surface area contributed by atoms with Crippen molar-refractivity contribution in [3.8, 4) is 0 Å². The van der Waals surface area contributed by atoms with Gasteiger partial charge in [0.05, 0.1) is 12.2 Å². The predicted molar refractivity (Wildman–Crippen MR) is 58.1 cm³/mol. The van der Waals surface area contributed by atoms with E-state index in [9.17, 15) is 0 Å². The molecule has 0 aliphatic carbocycles. The minimum Gasteiger partial charge on any atom is -0.366 e. The highest BCUT2D eigenvalue weighted by Crippen LogP contribution is 2.42. The summed E-state index contributed by atoms with van der Waals surface area (Å²) in [5.41, 5.74) is 2.82. The van der Waals surface area contributed by atoms with Crippen molar-refractivity contribution >= 4 is 0 Å². The van der Waals surface area contributed by atoms with Gasteiger partial charge < -0.3 is 4.74 Å². The van der Waals surface area contributed by atoms with Crippen LogP contribution in [-0.4, -0.2) is 0 Å². The van der Waals surface area contributed by atoms with E-state index in [1.54, 1.807) is 0 Å². The maximum absolute atomic E-state index is 6.00. The summed E-state index contributed by atoms with van der Waals surface area (Å²) in [6.07, 6.45) is 3.40. The van der Waals surface area contributed by atoms with E-state index < -0.39 is 0 Å². The molecule has 0 saturated heterocycles. The Morgan fingerprint density at radius 1 is 1.29 bits per heavy atom. The van der Waals surface area contributed by atoms with Crippen LogP contribution in [0.2, 0.25) is 0 Å². The third-order valence-electron chi connectivity index (χ3n) is 3.24. The molecule has 1 atom stereocenters. The Hall–Kier alpha value is -0.820. The fraction of sp³-hybridized carbons (Fsp3) is 0.538. The van der Waals surface area contributed by atoms with Crippen molar-refractivity contribution in [1.29, 1.82) is 0 Å². The zero-order valence-corrected chi connectivity index (χ0v) is 9.05. The van der Waals surface area contributed by atoms with Gasteiger partial charge in [-0.05, 0) is 24.0 Å². The fourth-order valence-electron chi connectivity index (χ4n) is 2.46. The molecular weight excluding hydrogens is 172 g/mol. The summed E-state index contributed by atoms with van der Waals surface area (Å²) < 4.78 is 6.00. The van der Waals surface area contributed by atoms with Crippen molar-refractivity contribution in [2.24, 2.45) is 0 Å². The standard InChI is InChI=1S/C13H18O/c1-3-9-13(4-2)12-8-6-5-7-11(12)10-14-13/h5-8H,3-4,9-10H2,1-2H3. The third-order valence-corrected chi connectivity index (χ3v) is 3.24. The molecule has 14 heavy (non-hydrogen) atoms. The monoisotopic (exact) mass is 190 g/mol. The lowest BCUT2D eigenvalue weighted by atomic mass is 9.86. The van der Waals surface area contributed by atoms with Gasteiger partial charge in [-0.1, -0.05) is 44.5 Å². The van der Waals surface area contributed by atoms with Gasteiger partial charge in [-0.3, -0.25) is 0 Å². The van der Waals surface area contributed by atoms with E-state index in [1.807, 2.05) is 0 Å². The lowest BCUT2D eigenvalue weighted by Crippen LogP contribution is -2.23. The van der Waals surface area contributed by atoms with Gasteiger partial charge in [-0.2, -0.15) is 0 Å². The topological polar surface area (TPSA) is 9.23 Å². The highest BCUT2D eigenvalue weighted by molar-refractivity contribution is 5.35. The van der Waals surface area contributed by atoms with Crippen LogP contribution in [0.5, 0.6) is 0 Å². The van der Waals surface area contributed by atoms with Gasteiger partial charge in [-0.15, -0.1) is 0 Å². The number of fused-ring (bicyclic) bond motifs is 1. The van der Waals surface area contributed by atoms with Crippen molar-refractivity contribution < 1.29 is 4.74 Å². The van der Waals surface area contributed by atoms with Crippen LogP contribution in [0.15, 0.2) is 24.3 Å². The Bertz CT molecular complexity index is 315. The lowest BCUT2D eigenvalue weighted by Gasteiger charge is -2.27. The molecule has 0 bridgehead atoms. The minimum atomic E-state index is 0.0192. The molecule has 0 N–H and O–H groups in total. The van der Waals surface area contributed by atoms with Crippen LogP contribution in [0.1, 0.15) is 44.2 Å². The zero-order valence-electron chi connectivity index (χ0n) is 9.05. The quantitative estimate of drug-likeness (QED) is 0.707. The molecule has 0 aromatic heterocycles. The SMILES string of the molecule is CCCC1(CC)OCc2ccccc21. The van der Waals surface area contributed by atoms with Crippen LogP contribution in [0.25, 0.3) is 0 Å². The molecule has 0 radical (unpaired) electrons. The Labute approximate surface area is 86.1 Å². The van der Waals surface area contributed by atoms with Crippen molar-refractivity contribution in [2.75, 3.05) is 0 Å². The first-order valence-corrected chi connectivity index (χ1v) is 5.55. The van der Waals surface area contributed by atoms with Crippen molar-refractivity contribution in [3.63, 3.8) is 0 Å². The Balaban J connectivity index is 2.39. The molecule has 1 aromatic carbocycles. The largest absolute Gasteiger partial charge is 0.366 e. The van der Waals surface area contributed by atoms with E-state index in [4.69, 9.17) is 4.74 Å². The molecule has 0 amide bonds. The molecule has 1 aliphatic heterocycles. The van der Waals surface area contributed by atoms with Crippen LogP contribution in [-0.2, 0) is 16.9 Å². The van der Waals surface area contributed by atoms with Crippen LogP contribution in [0.4, 0.5) is 0 Å². The Morgan fingerprint density at radius 3 is 2.79 bits per heavy atom. The predicted octanol–water partition coefficient (Wildman–Crippen LogP) is 3.62. The number of benzene rings is 1. The second-order valence-corrected chi connectivity index (χ2v) is 4.04. The van der Waals surface area contributed by atoms with Crippen molar-refractivity contribution in [1.82, 2.24) is 0 Å². The van der Waals surface area contributed by atoms with Crippen molar-refractivity contribution in [3.05, 3.63) is 35.4 Å². The maximum atomic E-state index is 6.00. The summed E-state index contributed by atoms with van der Waals surface area (Å²) in [6.45, 7) is 5.24. The van der Waals surface area contributed by atoms with E-state index >= 15 is 0 Å². The van der Waals surface area contributed by atoms with Gasteiger partial charge in [0.2, 0.25) is 0 Å². The van der Waals surface area contributed by atoms with Crippen LogP contribution in [0, 0.1) is 0 Å². The number of hydrogen-bond donors (Lipinski definition) is 0. The lowest BCUT2D eigenvalue weighted by molar-refractivity contribution is -0.0478. The van der Waals surface area contributed by atoms with Gasteiger partial charge >= 0.3 is 0 Å². The summed E-state index contributed by atoms with van der Waals surface area (Å²) in [5.74, 6) is 0. The van der Waals surface area contributed by atoms with E-state index in [0.717, 1.165) is 19.4 Å². The van der Waals surface area contributed by atoms with E-state index in [2.05, 4.69) is 38.1 Å². The molecule has 0 saturated carbocycles. The summed E-state index contributed by atoms with van der Waals surface area (Å²) in [6, 6.07) is 8.62. The highest BCUT2D eigenvalue weighted by atomic mass is 16.5. The first-order valence-electron chi connectivity index (χ1n) is 5.55. The number of rotatable bonds is 3. The molecular formula is C13H18O. The summed E-state index contributed by atoms with van der Waals surface area (Å²) in [4.78, 5) is 0. The van der Waals surface area contributed by atoms with Crippen LogP contribution in [0.3, 0.4) is 0 Å². The van der Waals surface area contributed by atoms with Gasteiger partial charge in [0.15, 0.2) is 0 Å². The molecule has 1 aromatic rings. The molecule has 2 rings (SSSR count). The first-order chi connectivity index (χ1) is 6.82. The number of hydrogen-bond acceptors (Lipinski definition) is 1. The first kappa shape index (κ1) is 9.72. The normalized spacial score (nSPS) is 25.0. The van der Waals surface area contributed by atoms with E-state index in [0.29, 0.717) is 0 Å². The van der Waals surface area contributed by atoms with Crippen molar-refractivity contribution in [2.45, 2.75) is 45.3 Å². The van der Waals surface area contributed by atoms with Crippen LogP contribution >= 0.6 is 0 Å². The molecule has 0 fully saturated rings. The van der Waals surface area contributed by atoms with E-state index in [-0.39, 0.29) is 5.60 Å². The average molecular weight is 190 g/mol. The second kappa shape index (κ2) is 3.74. The molecule has 0 spiro atoms. The Morgan fingerprint density at radius 2 is 2.07 bits per heavy atom. The zero-order chi connectivity index (χ0) is 10.0. The number of ether oxygens (including phenoxy) is 1. The van der Waals surface area contributed by atoms with E-state index in [1.165, 1.54) is 17.5 Å².